The Morgan fingerprint density at radius 3 is 2.60 bits per heavy atom. The Morgan fingerprint density at radius 2 is 1.84 bits per heavy atom. The van der Waals surface area contributed by atoms with Crippen LogP contribution in [-0.2, 0) is 14.4 Å². The first kappa shape index (κ1) is 30.6. The van der Waals surface area contributed by atoms with Gasteiger partial charge < -0.3 is 24.8 Å². The SMILES string of the molecule is COc1ccc2c(O[C@@H]3C[C@H]4C(=O)N[C@]5(C(=O)O)C[C@H]5/C=C\CCCCN(C)C(=O)[C@@H]4C3)cc(-c3cccc(C)n3)nc2c1C. The number of pyridine rings is 2. The predicted molar refractivity (Wildman–Crippen MR) is 169 cm³/mol. The number of hydrogen-bond acceptors (Lipinski definition) is 7. The summed E-state index contributed by atoms with van der Waals surface area (Å²) in [5.74, 6) is -1.90. The zero-order valence-corrected chi connectivity index (χ0v) is 26.2. The molecule has 236 valence electrons. The lowest BCUT2D eigenvalue weighted by molar-refractivity contribution is -0.145. The summed E-state index contributed by atoms with van der Waals surface area (Å²) in [6.07, 6.45) is 6.93. The number of hydrogen-bond donors (Lipinski definition) is 2. The number of amides is 2. The molecule has 2 saturated carbocycles. The molecule has 3 heterocycles. The molecule has 3 aromatic rings. The van der Waals surface area contributed by atoms with Crippen LogP contribution in [0.25, 0.3) is 22.3 Å². The number of fused-ring (bicyclic) bond motifs is 3. The van der Waals surface area contributed by atoms with E-state index in [2.05, 4.69) is 10.3 Å². The van der Waals surface area contributed by atoms with Crippen molar-refractivity contribution >= 4 is 28.7 Å². The standard InChI is InChI=1S/C35H40N4O6/c1-20-10-9-12-27(36-20)28-18-30(24-13-14-29(44-4)21(2)31(24)37-28)45-23-16-25-26(17-23)33(41)39(3)15-8-6-5-7-11-22-19-35(22,34(42)43)38-32(25)40/h7,9-14,18,22-23,25-26H,5-6,8,15-17,19H2,1-4H3,(H,38,40)(H,42,43)/b11-7-/t22-,23-,25-,26-,35-/m1/s1. The molecule has 2 aromatic heterocycles. The minimum atomic E-state index is -1.33. The van der Waals surface area contributed by atoms with Gasteiger partial charge in [0.1, 0.15) is 23.1 Å². The van der Waals surface area contributed by atoms with Crippen molar-refractivity contribution in [2.24, 2.45) is 17.8 Å². The minimum Gasteiger partial charge on any atom is -0.496 e. The first-order chi connectivity index (χ1) is 21.6. The molecule has 1 aromatic carbocycles. The number of carboxylic acids is 1. The topological polar surface area (TPSA) is 131 Å². The normalized spacial score (nSPS) is 27.6. The summed E-state index contributed by atoms with van der Waals surface area (Å²) in [6, 6.07) is 11.4. The quantitative estimate of drug-likeness (QED) is 0.391. The number of ether oxygens (including phenoxy) is 2. The number of aryl methyl sites for hydroxylation is 2. The van der Waals surface area contributed by atoms with Gasteiger partial charge in [0.05, 0.1) is 35.9 Å². The highest BCUT2D eigenvalue weighted by Crippen LogP contribution is 2.47. The number of aliphatic carboxylic acids is 1. The maximum Gasteiger partial charge on any atom is 0.330 e. The average molecular weight is 613 g/mol. The fourth-order valence-electron chi connectivity index (χ4n) is 6.89. The summed E-state index contributed by atoms with van der Waals surface area (Å²) in [4.78, 5) is 51.2. The second-order valence-electron chi connectivity index (χ2n) is 12.6. The number of nitrogens with one attached hydrogen (secondary N) is 1. The third-order valence-corrected chi connectivity index (χ3v) is 9.59. The van der Waals surface area contributed by atoms with Gasteiger partial charge in [-0.2, -0.15) is 0 Å². The molecule has 0 saturated heterocycles. The van der Waals surface area contributed by atoms with Crippen molar-refractivity contribution in [3.8, 4) is 22.9 Å². The van der Waals surface area contributed by atoms with E-state index in [9.17, 15) is 19.5 Å². The van der Waals surface area contributed by atoms with E-state index in [-0.39, 0.29) is 18.2 Å². The first-order valence-electron chi connectivity index (χ1n) is 15.7. The van der Waals surface area contributed by atoms with E-state index in [1.807, 2.05) is 62.4 Å². The minimum absolute atomic E-state index is 0.115. The molecular weight excluding hydrogens is 572 g/mol. The first-order valence-corrected chi connectivity index (χ1v) is 15.7. The molecule has 6 rings (SSSR count). The molecule has 0 unspecified atom stereocenters. The molecule has 10 heteroatoms. The summed E-state index contributed by atoms with van der Waals surface area (Å²) < 4.78 is 12.3. The number of benzene rings is 1. The Bertz CT molecular complexity index is 1690. The average Bonchev–Trinajstić information content (AvgIpc) is 3.56. The third-order valence-electron chi connectivity index (χ3n) is 9.59. The number of carboxylic acid groups (broad SMARTS) is 1. The van der Waals surface area contributed by atoms with E-state index in [0.717, 1.165) is 35.9 Å². The Morgan fingerprint density at radius 1 is 1.04 bits per heavy atom. The number of carbonyl (C=O) groups is 3. The van der Waals surface area contributed by atoms with Gasteiger partial charge >= 0.3 is 5.97 Å². The van der Waals surface area contributed by atoms with Crippen molar-refractivity contribution in [2.75, 3.05) is 20.7 Å². The lowest BCUT2D eigenvalue weighted by Gasteiger charge is -2.26. The zero-order chi connectivity index (χ0) is 31.9. The summed E-state index contributed by atoms with van der Waals surface area (Å²) in [5.41, 5.74) is 2.44. The molecule has 2 aliphatic carbocycles. The van der Waals surface area contributed by atoms with Crippen LogP contribution in [0.15, 0.2) is 48.6 Å². The fraction of sp³-hybridized carbons (Fsp3) is 0.457. The van der Waals surface area contributed by atoms with E-state index < -0.39 is 35.4 Å². The van der Waals surface area contributed by atoms with E-state index in [1.54, 1.807) is 19.1 Å². The van der Waals surface area contributed by atoms with Crippen LogP contribution in [0.5, 0.6) is 11.5 Å². The lowest BCUT2D eigenvalue weighted by atomic mass is 9.93. The van der Waals surface area contributed by atoms with Crippen LogP contribution in [-0.4, -0.2) is 70.1 Å². The van der Waals surface area contributed by atoms with Crippen molar-refractivity contribution in [3.63, 3.8) is 0 Å². The molecule has 3 aliphatic rings. The maximum atomic E-state index is 13.8. The zero-order valence-electron chi connectivity index (χ0n) is 26.2. The number of aromatic nitrogens is 2. The third kappa shape index (κ3) is 5.85. The Kier molecular flexibility index (Phi) is 8.24. The van der Waals surface area contributed by atoms with E-state index >= 15 is 0 Å². The molecule has 10 nitrogen and oxygen atoms in total. The number of nitrogens with zero attached hydrogens (tertiary/aromatic N) is 3. The van der Waals surface area contributed by atoms with Gasteiger partial charge in [-0.1, -0.05) is 18.2 Å². The number of allylic oxidation sites excluding steroid dienone is 1. The smallest absolute Gasteiger partial charge is 0.330 e. The Hall–Kier alpha value is -4.47. The molecule has 1 aliphatic heterocycles. The van der Waals surface area contributed by atoms with Crippen LogP contribution >= 0.6 is 0 Å². The monoisotopic (exact) mass is 612 g/mol. The van der Waals surface area contributed by atoms with Gasteiger partial charge in [-0.05, 0) is 76.6 Å². The largest absolute Gasteiger partial charge is 0.496 e. The summed E-state index contributed by atoms with van der Waals surface area (Å²) in [6.45, 7) is 4.46. The van der Waals surface area contributed by atoms with Crippen LogP contribution in [0.1, 0.15) is 49.8 Å². The maximum absolute atomic E-state index is 13.8. The number of methoxy groups -OCH3 is 1. The molecule has 45 heavy (non-hydrogen) atoms. The van der Waals surface area contributed by atoms with Gasteiger partial charge in [-0.15, -0.1) is 0 Å². The predicted octanol–water partition coefficient (Wildman–Crippen LogP) is 4.85. The van der Waals surface area contributed by atoms with Gasteiger partial charge in [0, 0.05) is 42.2 Å². The van der Waals surface area contributed by atoms with Crippen molar-refractivity contribution in [1.82, 2.24) is 20.2 Å². The molecule has 0 radical (unpaired) electrons. The molecule has 2 N–H and O–H groups in total. The van der Waals surface area contributed by atoms with Crippen LogP contribution < -0.4 is 14.8 Å². The van der Waals surface area contributed by atoms with Crippen LogP contribution in [0.4, 0.5) is 0 Å². The highest BCUT2D eigenvalue weighted by Gasteiger charge is 2.61. The van der Waals surface area contributed by atoms with Crippen LogP contribution in [0, 0.1) is 31.6 Å². The van der Waals surface area contributed by atoms with E-state index in [0.29, 0.717) is 47.8 Å². The second kappa shape index (κ2) is 12.1. The fourth-order valence-corrected chi connectivity index (χ4v) is 6.89. The molecule has 0 bridgehead atoms. The van der Waals surface area contributed by atoms with Crippen LogP contribution in [0.3, 0.4) is 0 Å². The molecule has 2 fully saturated rings. The second-order valence-corrected chi connectivity index (χ2v) is 12.6. The van der Waals surface area contributed by atoms with Crippen molar-refractivity contribution in [3.05, 3.63) is 59.8 Å². The highest BCUT2D eigenvalue weighted by atomic mass is 16.5. The van der Waals surface area contributed by atoms with Gasteiger partial charge in [0.15, 0.2) is 0 Å². The number of carbonyl (C=O) groups excluding carboxylic acids is 2. The van der Waals surface area contributed by atoms with Gasteiger partial charge in [-0.25, -0.2) is 9.78 Å². The molecule has 5 atom stereocenters. The van der Waals surface area contributed by atoms with Gasteiger partial charge in [-0.3, -0.25) is 14.6 Å². The Balaban J connectivity index is 1.35. The molecule has 2 amide bonds. The summed E-state index contributed by atoms with van der Waals surface area (Å²) in [7, 11) is 3.39. The van der Waals surface area contributed by atoms with E-state index in [1.165, 1.54) is 0 Å². The van der Waals surface area contributed by atoms with Crippen molar-refractivity contribution < 1.29 is 29.0 Å². The summed E-state index contributed by atoms with van der Waals surface area (Å²) in [5, 5.41) is 13.7. The van der Waals surface area contributed by atoms with Crippen molar-refractivity contribution in [2.45, 2.75) is 64.0 Å². The van der Waals surface area contributed by atoms with E-state index in [4.69, 9.17) is 14.5 Å². The van der Waals surface area contributed by atoms with Crippen molar-refractivity contribution in [1.29, 1.82) is 0 Å². The molecule has 0 spiro atoms. The molecular formula is C35H40N4O6. The summed E-state index contributed by atoms with van der Waals surface area (Å²) >= 11 is 0. The van der Waals surface area contributed by atoms with Crippen LogP contribution in [0.2, 0.25) is 0 Å². The van der Waals surface area contributed by atoms with Gasteiger partial charge in [0.25, 0.3) is 0 Å². The lowest BCUT2D eigenvalue weighted by Crippen LogP contribution is -2.49. The Labute approximate surface area is 262 Å². The number of rotatable bonds is 5. The highest BCUT2D eigenvalue weighted by molar-refractivity contribution is 5.94. The van der Waals surface area contributed by atoms with Gasteiger partial charge in [0.2, 0.25) is 11.8 Å².